The van der Waals surface area contributed by atoms with Crippen molar-refractivity contribution in [2.75, 3.05) is 6.61 Å². The Morgan fingerprint density at radius 3 is 2.30 bits per heavy atom. The van der Waals surface area contributed by atoms with Gasteiger partial charge in [0.2, 0.25) is 10.0 Å². The first kappa shape index (κ1) is 19.1. The minimum atomic E-state index is -3.95. The molecule has 0 aliphatic carbocycles. The maximum absolute atomic E-state index is 12.3. The number of hydrogen-bond donors (Lipinski definition) is 2. The quantitative estimate of drug-likeness (QED) is 0.656. The summed E-state index contributed by atoms with van der Waals surface area (Å²) in [6.45, 7) is 3.33. The number of carboxylic acids is 1. The Morgan fingerprint density at radius 2 is 1.83 bits per heavy atom. The third-order valence-electron chi connectivity index (χ3n) is 3.28. The van der Waals surface area contributed by atoms with E-state index in [0.717, 1.165) is 0 Å². The molecular formula is C15H21NO6S. The highest BCUT2D eigenvalue weighted by atomic mass is 32.2. The SMILES string of the molecule is CCOC(=O)[C@H](C[C@H](CC)C(=O)O)NS(=O)(=O)c1ccccc1. The van der Waals surface area contributed by atoms with Crippen LogP contribution in [0.3, 0.4) is 0 Å². The molecule has 7 nitrogen and oxygen atoms in total. The summed E-state index contributed by atoms with van der Waals surface area (Å²) in [7, 11) is -3.95. The molecule has 0 aliphatic rings. The van der Waals surface area contributed by atoms with Crippen LogP contribution in [0.25, 0.3) is 0 Å². The molecule has 1 rings (SSSR count). The van der Waals surface area contributed by atoms with E-state index in [9.17, 15) is 18.0 Å². The molecule has 2 N–H and O–H groups in total. The van der Waals surface area contributed by atoms with Crippen LogP contribution in [0, 0.1) is 5.92 Å². The minimum absolute atomic E-state index is 0.00216. The predicted octanol–water partition coefficient (Wildman–Crippen LogP) is 1.40. The average Bonchev–Trinajstić information content (AvgIpc) is 2.52. The third-order valence-corrected chi connectivity index (χ3v) is 4.77. The van der Waals surface area contributed by atoms with E-state index in [1.54, 1.807) is 32.0 Å². The number of carbonyl (C=O) groups is 2. The number of sulfonamides is 1. The summed E-state index contributed by atoms with van der Waals surface area (Å²) >= 11 is 0. The van der Waals surface area contributed by atoms with E-state index in [0.29, 0.717) is 0 Å². The van der Waals surface area contributed by atoms with Crippen LogP contribution in [0.5, 0.6) is 0 Å². The van der Waals surface area contributed by atoms with Gasteiger partial charge in [0.1, 0.15) is 6.04 Å². The third kappa shape index (κ3) is 5.65. The first-order chi connectivity index (χ1) is 10.8. The topological polar surface area (TPSA) is 110 Å². The van der Waals surface area contributed by atoms with Gasteiger partial charge in [-0.3, -0.25) is 9.59 Å². The van der Waals surface area contributed by atoms with Crippen LogP contribution in [0.15, 0.2) is 35.2 Å². The Morgan fingerprint density at radius 1 is 1.22 bits per heavy atom. The average molecular weight is 343 g/mol. The van der Waals surface area contributed by atoms with Gasteiger partial charge in [0, 0.05) is 0 Å². The Balaban J connectivity index is 3.01. The first-order valence-corrected chi connectivity index (χ1v) is 8.77. The zero-order valence-electron chi connectivity index (χ0n) is 13.1. The number of ether oxygens (including phenoxy) is 1. The largest absolute Gasteiger partial charge is 0.481 e. The molecule has 1 aromatic carbocycles. The number of rotatable bonds is 9. The molecule has 128 valence electrons. The van der Waals surface area contributed by atoms with Crippen molar-refractivity contribution in [2.45, 2.75) is 37.6 Å². The molecule has 0 heterocycles. The highest BCUT2D eigenvalue weighted by molar-refractivity contribution is 7.89. The lowest BCUT2D eigenvalue weighted by Crippen LogP contribution is -2.43. The van der Waals surface area contributed by atoms with E-state index in [1.807, 2.05) is 0 Å². The lowest BCUT2D eigenvalue weighted by atomic mass is 9.98. The molecule has 0 bridgehead atoms. The van der Waals surface area contributed by atoms with Gasteiger partial charge in [0.05, 0.1) is 17.4 Å². The summed E-state index contributed by atoms with van der Waals surface area (Å²) in [6.07, 6.45) is 0.106. The monoisotopic (exact) mass is 343 g/mol. The van der Waals surface area contributed by atoms with Crippen molar-refractivity contribution in [3.63, 3.8) is 0 Å². The van der Waals surface area contributed by atoms with E-state index in [1.165, 1.54) is 12.1 Å². The maximum atomic E-state index is 12.3. The molecule has 0 saturated carbocycles. The van der Waals surface area contributed by atoms with Crippen molar-refractivity contribution in [1.29, 1.82) is 0 Å². The first-order valence-electron chi connectivity index (χ1n) is 7.28. The van der Waals surface area contributed by atoms with Gasteiger partial charge in [0.15, 0.2) is 0 Å². The van der Waals surface area contributed by atoms with E-state index in [2.05, 4.69) is 4.72 Å². The van der Waals surface area contributed by atoms with Crippen molar-refractivity contribution in [2.24, 2.45) is 5.92 Å². The predicted molar refractivity (Wildman–Crippen MR) is 83.2 cm³/mol. The minimum Gasteiger partial charge on any atom is -0.481 e. The van der Waals surface area contributed by atoms with E-state index in [4.69, 9.17) is 9.84 Å². The molecule has 0 aliphatic heterocycles. The standard InChI is InChI=1S/C15H21NO6S/c1-3-11(14(17)18)10-13(15(19)22-4-2)16-23(20,21)12-8-6-5-7-9-12/h5-9,11,13,16H,3-4,10H2,1-2H3,(H,17,18)/t11-,13-/m0/s1. The van der Waals surface area contributed by atoms with Gasteiger partial charge in [-0.15, -0.1) is 0 Å². The van der Waals surface area contributed by atoms with E-state index < -0.39 is 33.9 Å². The van der Waals surface area contributed by atoms with Crippen molar-refractivity contribution in [3.8, 4) is 0 Å². The second kappa shape index (κ2) is 8.64. The second-order valence-electron chi connectivity index (χ2n) is 4.92. The Labute approximate surface area is 135 Å². The summed E-state index contributed by atoms with van der Waals surface area (Å²) < 4.78 is 31.7. The maximum Gasteiger partial charge on any atom is 0.324 e. The molecule has 2 atom stereocenters. The second-order valence-corrected chi connectivity index (χ2v) is 6.63. The molecule has 0 radical (unpaired) electrons. The Kier molecular flexibility index (Phi) is 7.18. The van der Waals surface area contributed by atoms with Crippen LogP contribution >= 0.6 is 0 Å². The molecular weight excluding hydrogens is 322 g/mol. The van der Waals surface area contributed by atoms with Crippen molar-refractivity contribution >= 4 is 22.0 Å². The number of aliphatic carboxylic acids is 1. The van der Waals surface area contributed by atoms with Crippen molar-refractivity contribution in [1.82, 2.24) is 4.72 Å². The van der Waals surface area contributed by atoms with Gasteiger partial charge in [-0.25, -0.2) is 8.42 Å². The van der Waals surface area contributed by atoms with Gasteiger partial charge in [-0.2, -0.15) is 4.72 Å². The molecule has 0 saturated heterocycles. The van der Waals surface area contributed by atoms with Crippen LogP contribution in [0.1, 0.15) is 26.7 Å². The van der Waals surface area contributed by atoms with Crippen LogP contribution < -0.4 is 4.72 Å². The highest BCUT2D eigenvalue weighted by Crippen LogP contribution is 2.16. The summed E-state index contributed by atoms with van der Waals surface area (Å²) in [6, 6.07) is 6.30. The number of benzene rings is 1. The number of carbonyl (C=O) groups excluding carboxylic acids is 1. The summed E-state index contributed by atoms with van der Waals surface area (Å²) in [4.78, 5) is 23.1. The van der Waals surface area contributed by atoms with E-state index >= 15 is 0 Å². The summed E-state index contributed by atoms with van der Waals surface area (Å²) in [5.74, 6) is -2.71. The lowest BCUT2D eigenvalue weighted by molar-refractivity contribution is -0.147. The fraction of sp³-hybridized carbons (Fsp3) is 0.467. The van der Waals surface area contributed by atoms with Gasteiger partial charge in [-0.05, 0) is 31.9 Å². The molecule has 0 amide bonds. The zero-order valence-corrected chi connectivity index (χ0v) is 13.9. The van der Waals surface area contributed by atoms with Gasteiger partial charge in [-0.1, -0.05) is 25.1 Å². The molecule has 23 heavy (non-hydrogen) atoms. The number of nitrogens with one attached hydrogen (secondary N) is 1. The van der Waals surface area contributed by atoms with Crippen LogP contribution in [0.4, 0.5) is 0 Å². The van der Waals surface area contributed by atoms with E-state index in [-0.39, 0.29) is 24.3 Å². The smallest absolute Gasteiger partial charge is 0.324 e. The zero-order chi connectivity index (χ0) is 17.5. The Hall–Kier alpha value is -1.93. The molecule has 0 fully saturated rings. The van der Waals surface area contributed by atoms with Gasteiger partial charge < -0.3 is 9.84 Å². The molecule has 8 heteroatoms. The molecule has 0 aromatic heterocycles. The number of esters is 1. The lowest BCUT2D eigenvalue weighted by Gasteiger charge is -2.20. The summed E-state index contributed by atoms with van der Waals surface area (Å²) in [5.41, 5.74) is 0. The van der Waals surface area contributed by atoms with Crippen molar-refractivity contribution in [3.05, 3.63) is 30.3 Å². The number of carboxylic acid groups (broad SMARTS) is 1. The highest BCUT2D eigenvalue weighted by Gasteiger charge is 2.31. The van der Waals surface area contributed by atoms with Crippen LogP contribution in [-0.4, -0.2) is 38.1 Å². The van der Waals surface area contributed by atoms with Crippen LogP contribution in [0.2, 0.25) is 0 Å². The fourth-order valence-electron chi connectivity index (χ4n) is 2.02. The molecule has 0 spiro atoms. The van der Waals surface area contributed by atoms with Gasteiger partial charge in [0.25, 0.3) is 0 Å². The normalized spacial score (nSPS) is 14.0. The molecule has 0 unspecified atom stereocenters. The fourth-order valence-corrected chi connectivity index (χ4v) is 3.24. The Bertz CT molecular complexity index is 629. The summed E-state index contributed by atoms with van der Waals surface area (Å²) in [5, 5.41) is 9.12. The van der Waals surface area contributed by atoms with Crippen molar-refractivity contribution < 1.29 is 27.9 Å². The number of hydrogen-bond acceptors (Lipinski definition) is 5. The van der Waals surface area contributed by atoms with Crippen LogP contribution in [-0.2, 0) is 24.3 Å². The van der Waals surface area contributed by atoms with Gasteiger partial charge >= 0.3 is 11.9 Å². The molecule has 1 aromatic rings.